The van der Waals surface area contributed by atoms with Crippen LogP contribution in [-0.4, -0.2) is 52.0 Å². The van der Waals surface area contributed by atoms with E-state index < -0.39 is 35.6 Å². The number of amides is 2. The molecule has 0 spiro atoms. The fraction of sp³-hybridized carbons (Fsp3) is 0.263. The molecule has 3 heterocycles. The molecule has 2 aromatic heterocycles. The molecule has 1 aliphatic carbocycles. The third-order valence-corrected chi connectivity index (χ3v) is 9.21. The molecule has 248 valence electrons. The number of carbonyl (C=O) groups excluding carboxylic acids is 2. The highest BCUT2D eigenvalue weighted by Gasteiger charge is 2.35. The molecule has 1 N–H and O–H groups in total. The van der Waals surface area contributed by atoms with Crippen molar-refractivity contribution in [3.63, 3.8) is 0 Å². The Balaban J connectivity index is 1.06. The van der Waals surface area contributed by atoms with E-state index >= 15 is 0 Å². The number of hydrogen-bond donors (Lipinski definition) is 1. The molecule has 0 radical (unpaired) electrons. The minimum absolute atomic E-state index is 0.107. The number of carbonyl (C=O) groups is 2. The average molecular weight is 662 g/mol. The van der Waals surface area contributed by atoms with E-state index in [1.54, 1.807) is 30.5 Å². The number of aromatic nitrogens is 2. The molecule has 2 unspecified atom stereocenters. The molecular formula is C38H33F2N5O4. The van der Waals surface area contributed by atoms with Gasteiger partial charge in [-0.05, 0) is 66.3 Å². The van der Waals surface area contributed by atoms with Crippen LogP contribution in [-0.2, 0) is 11.3 Å². The minimum Gasteiger partial charge on any atom is -0.485 e. The van der Waals surface area contributed by atoms with Crippen LogP contribution in [0.4, 0.5) is 13.6 Å². The molecule has 2 atom stereocenters. The maximum absolute atomic E-state index is 14.2. The van der Waals surface area contributed by atoms with E-state index in [0.29, 0.717) is 17.8 Å². The topological polar surface area (TPSA) is 109 Å². The Morgan fingerprint density at radius 2 is 1.65 bits per heavy atom. The van der Waals surface area contributed by atoms with Gasteiger partial charge in [-0.1, -0.05) is 54.6 Å². The number of hydrogen-bond acceptors (Lipinski definition) is 6. The second-order valence-corrected chi connectivity index (χ2v) is 12.6. The third kappa shape index (κ3) is 6.06. The Kier molecular flexibility index (Phi) is 8.46. The number of likely N-dealkylation sites (tertiary alicyclic amines) is 1. The lowest BCUT2D eigenvalue weighted by molar-refractivity contribution is 0.0735. The predicted molar refractivity (Wildman–Crippen MR) is 177 cm³/mol. The lowest BCUT2D eigenvalue weighted by atomic mass is 9.95. The number of piperidine rings is 1. The van der Waals surface area contributed by atoms with Gasteiger partial charge in [-0.3, -0.25) is 9.20 Å². The monoisotopic (exact) mass is 661 g/mol. The molecule has 3 aromatic carbocycles. The Hall–Kier alpha value is -5.76. The van der Waals surface area contributed by atoms with Crippen LogP contribution in [0.2, 0.25) is 0 Å². The first kappa shape index (κ1) is 31.8. The molecule has 0 bridgehead atoms. The number of pyridine rings is 1. The zero-order valence-corrected chi connectivity index (χ0v) is 27.0. The summed E-state index contributed by atoms with van der Waals surface area (Å²) in [4.78, 5) is 33.2. The van der Waals surface area contributed by atoms with Gasteiger partial charge in [-0.25, -0.2) is 18.6 Å². The summed E-state index contributed by atoms with van der Waals surface area (Å²) >= 11 is 0. The van der Waals surface area contributed by atoms with Crippen LogP contribution in [0, 0.1) is 42.7 Å². The summed E-state index contributed by atoms with van der Waals surface area (Å²) < 4.78 is 41.8. The fourth-order valence-corrected chi connectivity index (χ4v) is 6.94. The minimum atomic E-state index is -0.724. The number of imidazole rings is 1. The van der Waals surface area contributed by atoms with E-state index in [1.807, 2.05) is 36.4 Å². The smallest absolute Gasteiger partial charge is 0.409 e. The zero-order chi connectivity index (χ0) is 34.2. The molecule has 0 saturated carbocycles. The SMILES string of the molecule is Cc1cc(OCc2c(F)cccc2F)c2nc(C)c(C(=O)NC3CC(C#N)CN(C(=O)OCC4c5ccccc5-c5ccccc54)C3)n2c1. The summed E-state index contributed by atoms with van der Waals surface area (Å²) in [7, 11) is 0. The Morgan fingerprint density at radius 1 is 0.980 bits per heavy atom. The van der Waals surface area contributed by atoms with Crippen molar-refractivity contribution in [2.45, 2.75) is 38.8 Å². The molecule has 1 saturated heterocycles. The van der Waals surface area contributed by atoms with E-state index in [4.69, 9.17) is 9.47 Å². The summed E-state index contributed by atoms with van der Waals surface area (Å²) in [5, 5.41) is 12.8. The molecule has 2 amide bonds. The number of benzene rings is 3. The highest BCUT2D eigenvalue weighted by atomic mass is 19.1. The zero-order valence-electron chi connectivity index (χ0n) is 27.0. The second kappa shape index (κ2) is 13.0. The Bertz CT molecular complexity index is 2080. The number of rotatable bonds is 7. The van der Waals surface area contributed by atoms with Crippen molar-refractivity contribution in [2.75, 3.05) is 19.7 Å². The van der Waals surface area contributed by atoms with Crippen molar-refractivity contribution in [1.29, 1.82) is 5.26 Å². The van der Waals surface area contributed by atoms with Gasteiger partial charge in [-0.2, -0.15) is 5.26 Å². The molecule has 11 heteroatoms. The predicted octanol–water partition coefficient (Wildman–Crippen LogP) is 6.70. The summed E-state index contributed by atoms with van der Waals surface area (Å²) in [5.41, 5.74) is 5.92. The molecule has 2 aliphatic rings. The number of nitrogens with one attached hydrogen (secondary N) is 1. The van der Waals surface area contributed by atoms with E-state index in [1.165, 1.54) is 11.0 Å². The van der Waals surface area contributed by atoms with Crippen LogP contribution >= 0.6 is 0 Å². The number of nitriles is 1. The Labute approximate surface area is 281 Å². The van der Waals surface area contributed by atoms with Gasteiger partial charge in [0.15, 0.2) is 11.4 Å². The first-order chi connectivity index (χ1) is 23.7. The number of fused-ring (bicyclic) bond motifs is 4. The maximum atomic E-state index is 14.2. The van der Waals surface area contributed by atoms with Gasteiger partial charge >= 0.3 is 6.09 Å². The first-order valence-corrected chi connectivity index (χ1v) is 16.1. The standard InChI is InChI=1S/C38H33F2N5O4/c1-22-14-34(48-21-31-32(39)12-7-13-33(31)40)36-42-23(2)35(45(36)17-22)37(46)43-25-15-24(16-41)18-44(19-25)38(47)49-20-30-28-10-5-3-8-26(28)27-9-4-6-11-29(27)30/h3-14,17,24-25,30H,15,18-21H2,1-2H3,(H,43,46). The average Bonchev–Trinajstić information content (AvgIpc) is 3.60. The third-order valence-electron chi connectivity index (χ3n) is 9.21. The molecule has 1 aliphatic heterocycles. The second-order valence-electron chi connectivity index (χ2n) is 12.6. The van der Waals surface area contributed by atoms with E-state index in [0.717, 1.165) is 39.9 Å². The molecule has 9 nitrogen and oxygen atoms in total. The van der Waals surface area contributed by atoms with Gasteiger partial charge in [0.2, 0.25) is 0 Å². The van der Waals surface area contributed by atoms with Gasteiger partial charge < -0.3 is 19.7 Å². The van der Waals surface area contributed by atoms with E-state index in [-0.39, 0.29) is 49.2 Å². The van der Waals surface area contributed by atoms with E-state index in [2.05, 4.69) is 28.5 Å². The number of nitrogens with zero attached hydrogens (tertiary/aromatic N) is 4. The van der Waals surface area contributed by atoms with Crippen LogP contribution in [0.5, 0.6) is 5.75 Å². The van der Waals surface area contributed by atoms with Crippen LogP contribution < -0.4 is 10.1 Å². The van der Waals surface area contributed by atoms with Crippen LogP contribution in [0.1, 0.15) is 50.8 Å². The highest BCUT2D eigenvalue weighted by Crippen LogP contribution is 2.44. The molecule has 5 aromatic rings. The summed E-state index contributed by atoms with van der Waals surface area (Å²) in [6.07, 6.45) is 1.53. The number of halogens is 2. The normalized spacial score (nSPS) is 16.9. The van der Waals surface area contributed by atoms with Gasteiger partial charge in [-0.15, -0.1) is 0 Å². The van der Waals surface area contributed by atoms with Gasteiger partial charge in [0.25, 0.3) is 5.91 Å². The lowest BCUT2D eigenvalue weighted by Crippen LogP contribution is -2.52. The van der Waals surface area contributed by atoms with Crippen molar-refractivity contribution >= 4 is 17.6 Å². The lowest BCUT2D eigenvalue weighted by Gasteiger charge is -2.35. The quantitative estimate of drug-likeness (QED) is 0.208. The molecule has 7 rings (SSSR count). The summed E-state index contributed by atoms with van der Waals surface area (Å²) in [5.74, 6) is -2.25. The summed E-state index contributed by atoms with van der Waals surface area (Å²) in [6, 6.07) is 23.2. The van der Waals surface area contributed by atoms with Gasteiger partial charge in [0.1, 0.15) is 30.5 Å². The van der Waals surface area contributed by atoms with Crippen LogP contribution in [0.15, 0.2) is 79.0 Å². The molecular weight excluding hydrogens is 628 g/mol. The van der Waals surface area contributed by atoms with Crippen LogP contribution in [0.25, 0.3) is 16.8 Å². The van der Waals surface area contributed by atoms with Crippen molar-refractivity contribution in [2.24, 2.45) is 5.92 Å². The van der Waals surface area contributed by atoms with Crippen molar-refractivity contribution in [1.82, 2.24) is 19.6 Å². The van der Waals surface area contributed by atoms with Gasteiger partial charge in [0.05, 0.1) is 23.2 Å². The van der Waals surface area contributed by atoms with Gasteiger partial charge in [0, 0.05) is 31.2 Å². The number of aryl methyl sites for hydroxylation is 2. The fourth-order valence-electron chi connectivity index (χ4n) is 6.94. The summed E-state index contributed by atoms with van der Waals surface area (Å²) in [6.45, 7) is 3.62. The largest absolute Gasteiger partial charge is 0.485 e. The Morgan fingerprint density at radius 3 is 2.33 bits per heavy atom. The van der Waals surface area contributed by atoms with Crippen molar-refractivity contribution in [3.8, 4) is 22.9 Å². The maximum Gasteiger partial charge on any atom is 0.409 e. The van der Waals surface area contributed by atoms with Crippen LogP contribution in [0.3, 0.4) is 0 Å². The highest BCUT2D eigenvalue weighted by molar-refractivity contribution is 5.95. The number of ether oxygens (including phenoxy) is 2. The molecule has 49 heavy (non-hydrogen) atoms. The van der Waals surface area contributed by atoms with E-state index in [9.17, 15) is 23.6 Å². The van der Waals surface area contributed by atoms with Crippen molar-refractivity contribution < 1.29 is 27.8 Å². The first-order valence-electron chi connectivity index (χ1n) is 16.1. The van der Waals surface area contributed by atoms with Crippen molar-refractivity contribution in [3.05, 3.63) is 124 Å². The molecule has 1 fully saturated rings.